The lowest BCUT2D eigenvalue weighted by Gasteiger charge is -2.12. The second-order valence-electron chi connectivity index (χ2n) is 4.32. The molecule has 0 amide bonds. The van der Waals surface area contributed by atoms with Crippen LogP contribution >= 0.6 is 31.9 Å². The molecule has 0 fully saturated rings. The highest BCUT2D eigenvalue weighted by Crippen LogP contribution is 2.31. The molecule has 2 aromatic rings. The van der Waals surface area contributed by atoms with E-state index in [0.29, 0.717) is 0 Å². The molecule has 0 aliphatic rings. The van der Waals surface area contributed by atoms with Crippen LogP contribution in [0, 0.1) is 0 Å². The minimum Gasteiger partial charge on any atom is -0.490 e. The first-order chi connectivity index (χ1) is 8.56. The highest BCUT2D eigenvalue weighted by atomic mass is 79.9. The predicted octanol–water partition coefficient (Wildman–Crippen LogP) is 5.67. The molecule has 0 unspecified atom stereocenters. The summed E-state index contributed by atoms with van der Waals surface area (Å²) in [6.07, 6.45) is 0.180. The van der Waals surface area contributed by atoms with Crippen molar-refractivity contribution < 1.29 is 4.74 Å². The van der Waals surface area contributed by atoms with Crippen molar-refractivity contribution in [3.63, 3.8) is 0 Å². The van der Waals surface area contributed by atoms with Crippen LogP contribution in [-0.4, -0.2) is 6.10 Å². The molecule has 0 spiro atoms. The van der Waals surface area contributed by atoms with Crippen LogP contribution in [0.1, 0.15) is 13.8 Å². The summed E-state index contributed by atoms with van der Waals surface area (Å²) < 4.78 is 7.77. The van der Waals surface area contributed by atoms with Crippen molar-refractivity contribution in [1.82, 2.24) is 0 Å². The molecular formula is C15H14Br2O. The number of hydrogen-bond acceptors (Lipinski definition) is 1. The summed E-state index contributed by atoms with van der Waals surface area (Å²) >= 11 is 7.00. The van der Waals surface area contributed by atoms with E-state index in [1.165, 1.54) is 11.1 Å². The first kappa shape index (κ1) is 13.6. The fraction of sp³-hybridized carbons (Fsp3) is 0.200. The highest BCUT2D eigenvalue weighted by molar-refractivity contribution is 9.10. The summed E-state index contributed by atoms with van der Waals surface area (Å²) in [5, 5.41) is 0. The molecule has 2 aromatic carbocycles. The van der Waals surface area contributed by atoms with Gasteiger partial charge in [-0.25, -0.2) is 0 Å². The monoisotopic (exact) mass is 368 g/mol. The Morgan fingerprint density at radius 2 is 1.50 bits per heavy atom. The molecule has 1 nitrogen and oxygen atoms in total. The molecule has 2 rings (SSSR count). The summed E-state index contributed by atoms with van der Waals surface area (Å²) in [5.41, 5.74) is 2.36. The van der Waals surface area contributed by atoms with Gasteiger partial charge in [-0.3, -0.25) is 0 Å². The number of hydrogen-bond donors (Lipinski definition) is 0. The fourth-order valence-electron chi connectivity index (χ4n) is 1.67. The maximum atomic E-state index is 5.70. The molecule has 0 heterocycles. The van der Waals surface area contributed by atoms with Crippen LogP contribution in [0.2, 0.25) is 0 Å². The zero-order chi connectivity index (χ0) is 13.1. The van der Waals surface area contributed by atoms with Gasteiger partial charge in [0, 0.05) is 4.47 Å². The quantitative estimate of drug-likeness (QED) is 0.677. The fourth-order valence-corrected chi connectivity index (χ4v) is 2.41. The Balaban J connectivity index is 2.31. The molecule has 0 N–H and O–H groups in total. The first-order valence-electron chi connectivity index (χ1n) is 5.78. The minimum atomic E-state index is 0.180. The average Bonchev–Trinajstić information content (AvgIpc) is 2.32. The van der Waals surface area contributed by atoms with E-state index in [2.05, 4.69) is 56.1 Å². The predicted molar refractivity (Wildman–Crippen MR) is 83.0 cm³/mol. The summed E-state index contributed by atoms with van der Waals surface area (Å²) in [6, 6.07) is 14.4. The zero-order valence-electron chi connectivity index (χ0n) is 10.3. The lowest BCUT2D eigenvalue weighted by Crippen LogP contribution is -2.05. The van der Waals surface area contributed by atoms with Crippen molar-refractivity contribution >= 4 is 31.9 Å². The van der Waals surface area contributed by atoms with Gasteiger partial charge in [-0.1, -0.05) is 34.1 Å². The Hall–Kier alpha value is -0.800. The van der Waals surface area contributed by atoms with Gasteiger partial charge in [0.25, 0.3) is 0 Å². The van der Waals surface area contributed by atoms with Gasteiger partial charge in [-0.15, -0.1) is 0 Å². The van der Waals surface area contributed by atoms with E-state index >= 15 is 0 Å². The molecule has 3 heteroatoms. The van der Waals surface area contributed by atoms with E-state index in [-0.39, 0.29) is 6.10 Å². The standard InChI is InChI=1S/C15H14Br2O/c1-10(2)18-15-8-5-12(9-14(15)17)11-3-6-13(16)7-4-11/h3-10H,1-2H3. The second kappa shape index (κ2) is 5.89. The maximum absolute atomic E-state index is 5.70. The van der Waals surface area contributed by atoms with Crippen molar-refractivity contribution in [1.29, 1.82) is 0 Å². The molecule has 0 aliphatic heterocycles. The van der Waals surface area contributed by atoms with E-state index in [1.54, 1.807) is 0 Å². The smallest absolute Gasteiger partial charge is 0.133 e. The van der Waals surface area contributed by atoms with Crippen LogP contribution in [0.15, 0.2) is 51.4 Å². The first-order valence-corrected chi connectivity index (χ1v) is 7.37. The Morgan fingerprint density at radius 3 is 2.06 bits per heavy atom. The topological polar surface area (TPSA) is 9.23 Å². The van der Waals surface area contributed by atoms with E-state index in [9.17, 15) is 0 Å². The summed E-state index contributed by atoms with van der Waals surface area (Å²) in [5.74, 6) is 0.880. The van der Waals surface area contributed by atoms with Crippen molar-refractivity contribution in [3.8, 4) is 16.9 Å². The molecule has 0 radical (unpaired) electrons. The number of halogens is 2. The van der Waals surface area contributed by atoms with E-state index < -0.39 is 0 Å². The van der Waals surface area contributed by atoms with E-state index in [0.717, 1.165) is 14.7 Å². The highest BCUT2D eigenvalue weighted by Gasteiger charge is 2.06. The molecule has 0 saturated heterocycles. The van der Waals surface area contributed by atoms with Crippen molar-refractivity contribution in [2.75, 3.05) is 0 Å². The third-order valence-electron chi connectivity index (χ3n) is 2.47. The second-order valence-corrected chi connectivity index (χ2v) is 6.09. The van der Waals surface area contributed by atoms with Gasteiger partial charge >= 0.3 is 0 Å². The average molecular weight is 370 g/mol. The van der Waals surface area contributed by atoms with Gasteiger partial charge in [-0.2, -0.15) is 0 Å². The summed E-state index contributed by atoms with van der Waals surface area (Å²) in [7, 11) is 0. The van der Waals surface area contributed by atoms with E-state index in [1.807, 2.05) is 32.0 Å². The Bertz CT molecular complexity index is 533. The summed E-state index contributed by atoms with van der Waals surface area (Å²) in [4.78, 5) is 0. The third kappa shape index (κ3) is 3.36. The molecule has 0 saturated carbocycles. The molecule has 0 aliphatic carbocycles. The number of benzene rings is 2. The maximum Gasteiger partial charge on any atom is 0.133 e. The van der Waals surface area contributed by atoms with Crippen LogP contribution in [0.3, 0.4) is 0 Å². The molecule has 0 aromatic heterocycles. The minimum absolute atomic E-state index is 0.180. The van der Waals surface area contributed by atoms with Crippen molar-refractivity contribution in [2.45, 2.75) is 20.0 Å². The largest absolute Gasteiger partial charge is 0.490 e. The third-order valence-corrected chi connectivity index (χ3v) is 3.62. The number of ether oxygens (including phenoxy) is 1. The van der Waals surface area contributed by atoms with Gasteiger partial charge in [0.15, 0.2) is 0 Å². The lowest BCUT2D eigenvalue weighted by molar-refractivity contribution is 0.241. The van der Waals surface area contributed by atoms with Gasteiger partial charge in [0.2, 0.25) is 0 Å². The Morgan fingerprint density at radius 1 is 0.889 bits per heavy atom. The SMILES string of the molecule is CC(C)Oc1ccc(-c2ccc(Br)cc2)cc1Br. The van der Waals surface area contributed by atoms with Crippen LogP contribution in [0.5, 0.6) is 5.75 Å². The van der Waals surface area contributed by atoms with Gasteiger partial charge in [0.1, 0.15) is 5.75 Å². The van der Waals surface area contributed by atoms with Crippen LogP contribution in [0.4, 0.5) is 0 Å². The van der Waals surface area contributed by atoms with Crippen molar-refractivity contribution in [2.24, 2.45) is 0 Å². The molecule has 0 atom stereocenters. The van der Waals surface area contributed by atoms with Crippen LogP contribution in [-0.2, 0) is 0 Å². The zero-order valence-corrected chi connectivity index (χ0v) is 13.5. The molecule has 18 heavy (non-hydrogen) atoms. The summed E-state index contributed by atoms with van der Waals surface area (Å²) in [6.45, 7) is 4.05. The normalized spacial score (nSPS) is 10.7. The molecule has 94 valence electrons. The van der Waals surface area contributed by atoms with Crippen molar-refractivity contribution in [3.05, 3.63) is 51.4 Å². The van der Waals surface area contributed by atoms with Gasteiger partial charge < -0.3 is 4.74 Å². The lowest BCUT2D eigenvalue weighted by atomic mass is 10.1. The Kier molecular flexibility index (Phi) is 4.46. The van der Waals surface area contributed by atoms with Gasteiger partial charge in [-0.05, 0) is 65.2 Å². The van der Waals surface area contributed by atoms with Gasteiger partial charge in [0.05, 0.1) is 10.6 Å². The molecule has 0 bridgehead atoms. The Labute approximate surface area is 124 Å². The van der Waals surface area contributed by atoms with E-state index in [4.69, 9.17) is 4.74 Å². The molecular weight excluding hydrogens is 356 g/mol. The number of rotatable bonds is 3. The van der Waals surface area contributed by atoms with Crippen LogP contribution in [0.25, 0.3) is 11.1 Å². The van der Waals surface area contributed by atoms with Crippen LogP contribution < -0.4 is 4.74 Å².